The van der Waals surface area contributed by atoms with Crippen LogP contribution in [0, 0.1) is 0 Å². The maximum absolute atomic E-state index is 11.0. The average Bonchev–Trinajstić information content (AvgIpc) is 2.15. The molecule has 0 atom stereocenters. The molecule has 0 aromatic carbocycles. The predicted molar refractivity (Wildman–Crippen MR) is 55.7 cm³/mol. The minimum absolute atomic E-state index is 0.364. The van der Waals surface area contributed by atoms with E-state index < -0.39 is 5.63 Å². The molecular weight excluding hydrogens is 180 g/mol. The van der Waals surface area contributed by atoms with Crippen LogP contribution in [-0.4, -0.2) is 7.11 Å². The fraction of sp³-hybridized carbons (Fsp3) is 0.364. The Morgan fingerprint density at radius 1 is 1.64 bits per heavy atom. The zero-order valence-electron chi connectivity index (χ0n) is 8.50. The molecule has 0 saturated carbocycles. The monoisotopic (exact) mass is 194 g/mol. The first kappa shape index (κ1) is 10.6. The molecule has 0 N–H and O–H groups in total. The van der Waals surface area contributed by atoms with Crippen LogP contribution in [0.2, 0.25) is 0 Å². The minimum atomic E-state index is -0.430. The molecule has 0 aliphatic carbocycles. The van der Waals surface area contributed by atoms with Crippen LogP contribution in [0.5, 0.6) is 5.75 Å². The highest BCUT2D eigenvalue weighted by molar-refractivity contribution is 5.32. The predicted octanol–water partition coefficient (Wildman–Crippen LogP) is 0.639. The normalized spacial score (nSPS) is 11.7. The quantitative estimate of drug-likeness (QED) is 0.708. The SMILES string of the molecule is C=c1oc(=O)cc(OC)/c1=C/CCC. The molecule has 0 amide bonds. The van der Waals surface area contributed by atoms with E-state index in [1.807, 2.05) is 6.08 Å². The summed E-state index contributed by atoms with van der Waals surface area (Å²) in [5, 5.41) is 0.772. The zero-order chi connectivity index (χ0) is 10.6. The summed E-state index contributed by atoms with van der Waals surface area (Å²) in [7, 11) is 1.53. The van der Waals surface area contributed by atoms with Crippen molar-refractivity contribution in [2.75, 3.05) is 7.11 Å². The molecule has 0 spiro atoms. The summed E-state index contributed by atoms with van der Waals surface area (Å²) in [6, 6.07) is 1.33. The van der Waals surface area contributed by atoms with Crippen molar-refractivity contribution >= 4 is 12.7 Å². The highest BCUT2D eigenvalue weighted by Gasteiger charge is 1.98. The fourth-order valence-electron chi connectivity index (χ4n) is 1.20. The topological polar surface area (TPSA) is 39.4 Å². The van der Waals surface area contributed by atoms with Gasteiger partial charge in [-0.1, -0.05) is 26.0 Å². The van der Waals surface area contributed by atoms with Crippen LogP contribution in [0.25, 0.3) is 12.7 Å². The van der Waals surface area contributed by atoms with Gasteiger partial charge in [-0.3, -0.25) is 0 Å². The molecule has 14 heavy (non-hydrogen) atoms. The van der Waals surface area contributed by atoms with Crippen LogP contribution in [-0.2, 0) is 0 Å². The van der Waals surface area contributed by atoms with Crippen LogP contribution in [0.4, 0.5) is 0 Å². The lowest BCUT2D eigenvalue weighted by Crippen LogP contribution is -2.29. The average molecular weight is 194 g/mol. The molecule has 76 valence electrons. The van der Waals surface area contributed by atoms with Crippen molar-refractivity contribution in [2.45, 2.75) is 19.8 Å². The van der Waals surface area contributed by atoms with Crippen LogP contribution in [0.15, 0.2) is 15.3 Å². The molecule has 0 saturated heterocycles. The van der Waals surface area contributed by atoms with E-state index in [4.69, 9.17) is 9.15 Å². The third-order valence-electron chi connectivity index (χ3n) is 1.90. The first-order chi connectivity index (χ1) is 6.69. The maximum Gasteiger partial charge on any atom is 0.339 e. The second-order valence-corrected chi connectivity index (χ2v) is 2.96. The van der Waals surface area contributed by atoms with Crippen LogP contribution in [0.3, 0.4) is 0 Å². The van der Waals surface area contributed by atoms with Crippen molar-refractivity contribution in [2.24, 2.45) is 0 Å². The fourth-order valence-corrected chi connectivity index (χ4v) is 1.20. The molecule has 1 rings (SSSR count). The van der Waals surface area contributed by atoms with E-state index in [-0.39, 0.29) is 0 Å². The van der Waals surface area contributed by atoms with Crippen molar-refractivity contribution < 1.29 is 9.15 Å². The first-order valence-corrected chi connectivity index (χ1v) is 4.56. The second kappa shape index (κ2) is 4.65. The summed E-state index contributed by atoms with van der Waals surface area (Å²) in [6.07, 6.45) is 3.90. The van der Waals surface area contributed by atoms with Gasteiger partial charge in [-0.2, -0.15) is 0 Å². The number of hydrogen-bond donors (Lipinski definition) is 0. The van der Waals surface area contributed by atoms with Gasteiger partial charge in [0, 0.05) is 0 Å². The van der Waals surface area contributed by atoms with Gasteiger partial charge in [0.25, 0.3) is 0 Å². The Kier molecular flexibility index (Phi) is 3.51. The molecule has 0 aliphatic heterocycles. The summed E-state index contributed by atoms with van der Waals surface area (Å²) in [6.45, 7) is 5.74. The van der Waals surface area contributed by atoms with Gasteiger partial charge in [0.05, 0.1) is 18.4 Å². The Hall–Kier alpha value is -1.51. The number of ether oxygens (including phenoxy) is 1. The highest BCUT2D eigenvalue weighted by atomic mass is 16.5. The van der Waals surface area contributed by atoms with Gasteiger partial charge in [-0.15, -0.1) is 0 Å². The third kappa shape index (κ3) is 2.25. The summed E-state index contributed by atoms with van der Waals surface area (Å²) in [4.78, 5) is 11.0. The van der Waals surface area contributed by atoms with E-state index in [2.05, 4.69) is 13.5 Å². The van der Waals surface area contributed by atoms with E-state index >= 15 is 0 Å². The molecule has 1 aromatic heterocycles. The van der Waals surface area contributed by atoms with Gasteiger partial charge < -0.3 is 9.15 Å². The Bertz CT molecular complexity index is 456. The number of methoxy groups -OCH3 is 1. The standard InChI is InChI=1S/C11H14O3/c1-4-5-6-9-8(2)14-11(12)7-10(9)13-3/h6-7H,2,4-5H2,1,3H3/b9-6+. The summed E-state index contributed by atoms with van der Waals surface area (Å²) < 4.78 is 9.94. The lowest BCUT2D eigenvalue weighted by molar-refractivity contribution is 0.390. The number of unbranched alkanes of at least 4 members (excludes halogenated alkanes) is 1. The van der Waals surface area contributed by atoms with E-state index in [1.54, 1.807) is 0 Å². The van der Waals surface area contributed by atoms with Crippen molar-refractivity contribution in [1.29, 1.82) is 0 Å². The molecule has 1 heterocycles. The van der Waals surface area contributed by atoms with Gasteiger partial charge >= 0.3 is 5.63 Å². The van der Waals surface area contributed by atoms with Crippen molar-refractivity contribution in [1.82, 2.24) is 0 Å². The molecular formula is C11H14O3. The second-order valence-electron chi connectivity index (χ2n) is 2.96. The van der Waals surface area contributed by atoms with Gasteiger partial charge in [-0.25, -0.2) is 4.79 Å². The first-order valence-electron chi connectivity index (χ1n) is 4.56. The summed E-state index contributed by atoms with van der Waals surface area (Å²) in [5.74, 6) is 0.528. The lowest BCUT2D eigenvalue weighted by atomic mass is 10.2. The Morgan fingerprint density at radius 2 is 2.36 bits per heavy atom. The van der Waals surface area contributed by atoms with Crippen molar-refractivity contribution in [3.63, 3.8) is 0 Å². The molecule has 0 fully saturated rings. The lowest BCUT2D eigenvalue weighted by Gasteiger charge is -1.99. The molecule has 3 heteroatoms. The molecule has 0 unspecified atom stereocenters. The van der Waals surface area contributed by atoms with Crippen LogP contribution >= 0.6 is 0 Å². The van der Waals surface area contributed by atoms with Crippen LogP contribution < -0.4 is 21.0 Å². The summed E-state index contributed by atoms with van der Waals surface area (Å²) in [5.41, 5.74) is -0.0664. The van der Waals surface area contributed by atoms with E-state index in [0.717, 1.165) is 18.1 Å². The zero-order valence-corrected chi connectivity index (χ0v) is 8.50. The Labute approximate surface area is 82.3 Å². The van der Waals surface area contributed by atoms with Gasteiger partial charge in [0.15, 0.2) is 0 Å². The molecule has 0 bridgehead atoms. The minimum Gasteiger partial charge on any atom is -0.496 e. The third-order valence-corrected chi connectivity index (χ3v) is 1.90. The molecule has 0 aliphatic rings. The number of rotatable bonds is 3. The van der Waals surface area contributed by atoms with Crippen molar-refractivity contribution in [3.8, 4) is 5.75 Å². The molecule has 0 radical (unpaired) electrons. The Morgan fingerprint density at radius 3 is 2.93 bits per heavy atom. The Balaban J connectivity index is 3.40. The van der Waals surface area contributed by atoms with Gasteiger partial charge in [0.2, 0.25) is 0 Å². The van der Waals surface area contributed by atoms with Crippen LogP contribution in [0.1, 0.15) is 19.8 Å². The number of hydrogen-bond acceptors (Lipinski definition) is 3. The van der Waals surface area contributed by atoms with Gasteiger partial charge in [-0.05, 0) is 6.42 Å². The molecule has 1 aromatic rings. The smallest absolute Gasteiger partial charge is 0.339 e. The van der Waals surface area contributed by atoms with E-state index in [9.17, 15) is 4.79 Å². The van der Waals surface area contributed by atoms with E-state index in [1.165, 1.54) is 13.2 Å². The highest BCUT2D eigenvalue weighted by Crippen LogP contribution is 1.95. The largest absolute Gasteiger partial charge is 0.496 e. The van der Waals surface area contributed by atoms with Gasteiger partial charge in [0.1, 0.15) is 11.2 Å². The van der Waals surface area contributed by atoms with Crippen molar-refractivity contribution in [3.05, 3.63) is 27.1 Å². The maximum atomic E-state index is 11.0. The molecule has 3 nitrogen and oxygen atoms in total. The van der Waals surface area contributed by atoms with E-state index in [0.29, 0.717) is 11.2 Å². The summed E-state index contributed by atoms with van der Waals surface area (Å²) >= 11 is 0.